The fourth-order valence-corrected chi connectivity index (χ4v) is 4.91. The standard InChI is InChI=1S/C24H33N5O3/c1-18(30)28-15-3-2-12-24(32,17-28)16-26-20-4-6-21(7-5-20)29-23(31)9-8-22(27-29)19-10-13-25-14-11-19/h8-11,13-14,20-21,26,32H,2-7,12,15-17H2,1H3. The van der Waals surface area contributed by atoms with Crippen molar-refractivity contribution in [1.82, 2.24) is 25.0 Å². The van der Waals surface area contributed by atoms with Crippen molar-refractivity contribution in [2.45, 2.75) is 69.6 Å². The number of amides is 1. The number of carbonyl (C=O) groups excluding carboxylic acids is 1. The number of hydrogen-bond acceptors (Lipinski definition) is 6. The second-order valence-electron chi connectivity index (χ2n) is 9.25. The quantitative estimate of drug-likeness (QED) is 0.740. The summed E-state index contributed by atoms with van der Waals surface area (Å²) in [5.41, 5.74) is 0.769. The molecule has 0 spiro atoms. The lowest BCUT2D eigenvalue weighted by molar-refractivity contribution is -0.131. The average Bonchev–Trinajstić information content (AvgIpc) is 3.01. The van der Waals surface area contributed by atoms with Gasteiger partial charge >= 0.3 is 0 Å². The van der Waals surface area contributed by atoms with Crippen LogP contribution in [-0.2, 0) is 4.79 Å². The van der Waals surface area contributed by atoms with E-state index in [2.05, 4.69) is 15.4 Å². The number of rotatable bonds is 5. The van der Waals surface area contributed by atoms with Crippen molar-refractivity contribution in [1.29, 1.82) is 0 Å². The van der Waals surface area contributed by atoms with E-state index in [1.165, 1.54) is 0 Å². The molecule has 4 rings (SSSR count). The maximum Gasteiger partial charge on any atom is 0.267 e. The second-order valence-corrected chi connectivity index (χ2v) is 9.25. The van der Waals surface area contributed by atoms with Gasteiger partial charge in [-0.3, -0.25) is 14.6 Å². The van der Waals surface area contributed by atoms with E-state index in [4.69, 9.17) is 0 Å². The molecule has 2 N–H and O–H groups in total. The van der Waals surface area contributed by atoms with Gasteiger partial charge in [-0.15, -0.1) is 0 Å². The molecule has 1 atom stereocenters. The molecule has 172 valence electrons. The Morgan fingerprint density at radius 1 is 1.16 bits per heavy atom. The molecule has 8 nitrogen and oxygen atoms in total. The number of nitrogens with one attached hydrogen (secondary N) is 1. The van der Waals surface area contributed by atoms with Gasteiger partial charge in [-0.1, -0.05) is 0 Å². The van der Waals surface area contributed by atoms with E-state index in [1.807, 2.05) is 12.1 Å². The Hall–Kier alpha value is -2.58. The number of β-amino-alcohol motifs (C(OH)–C–C–N with tert-alkyl or cyclic N) is 1. The minimum Gasteiger partial charge on any atom is -0.387 e. The van der Waals surface area contributed by atoms with Crippen molar-refractivity contribution in [2.75, 3.05) is 19.6 Å². The van der Waals surface area contributed by atoms with Crippen molar-refractivity contribution in [3.05, 3.63) is 47.0 Å². The fraction of sp³-hybridized carbons (Fsp3) is 0.583. The highest BCUT2D eigenvalue weighted by molar-refractivity contribution is 5.73. The maximum absolute atomic E-state index is 12.5. The molecule has 2 aromatic heterocycles. The van der Waals surface area contributed by atoms with Crippen LogP contribution in [0.1, 0.15) is 57.9 Å². The van der Waals surface area contributed by atoms with E-state index in [0.29, 0.717) is 25.6 Å². The molecule has 0 bridgehead atoms. The second kappa shape index (κ2) is 9.92. The lowest BCUT2D eigenvalue weighted by Crippen LogP contribution is -2.52. The van der Waals surface area contributed by atoms with E-state index in [0.717, 1.165) is 56.3 Å². The fourth-order valence-electron chi connectivity index (χ4n) is 4.91. The SMILES string of the molecule is CC(=O)N1CCCCC(O)(CNC2CCC(n3nc(-c4ccncc4)ccc3=O)CC2)C1. The molecule has 1 amide bonds. The molecule has 0 aromatic carbocycles. The largest absolute Gasteiger partial charge is 0.387 e. The Kier molecular flexibility index (Phi) is 7.01. The number of pyridine rings is 1. The van der Waals surface area contributed by atoms with Crippen LogP contribution < -0.4 is 10.9 Å². The zero-order chi connectivity index (χ0) is 22.6. The van der Waals surface area contributed by atoms with Gasteiger partial charge in [0, 0.05) is 50.1 Å². The van der Waals surface area contributed by atoms with Crippen LogP contribution in [0.4, 0.5) is 0 Å². The van der Waals surface area contributed by atoms with Crippen molar-refractivity contribution in [3.8, 4) is 11.3 Å². The van der Waals surface area contributed by atoms with E-state index < -0.39 is 5.60 Å². The zero-order valence-corrected chi connectivity index (χ0v) is 18.7. The summed E-state index contributed by atoms with van der Waals surface area (Å²) in [6, 6.07) is 7.52. The monoisotopic (exact) mass is 439 g/mol. The Bertz CT molecular complexity index is 971. The third-order valence-corrected chi connectivity index (χ3v) is 6.81. The molecule has 1 aliphatic heterocycles. The maximum atomic E-state index is 12.5. The van der Waals surface area contributed by atoms with E-state index in [-0.39, 0.29) is 17.5 Å². The van der Waals surface area contributed by atoms with Crippen LogP contribution in [0, 0.1) is 0 Å². The molecule has 1 saturated heterocycles. The number of aromatic nitrogens is 3. The van der Waals surface area contributed by atoms with Crippen LogP contribution in [0.3, 0.4) is 0 Å². The summed E-state index contributed by atoms with van der Waals surface area (Å²) in [4.78, 5) is 30.1. The third kappa shape index (κ3) is 5.42. The Morgan fingerprint density at radius 2 is 1.91 bits per heavy atom. The van der Waals surface area contributed by atoms with E-state index in [1.54, 1.807) is 41.0 Å². The zero-order valence-electron chi connectivity index (χ0n) is 18.7. The van der Waals surface area contributed by atoms with Gasteiger partial charge < -0.3 is 15.3 Å². The first kappa shape index (κ1) is 22.6. The number of hydrogen-bond donors (Lipinski definition) is 2. The highest BCUT2D eigenvalue weighted by Gasteiger charge is 2.34. The molecule has 32 heavy (non-hydrogen) atoms. The molecule has 0 radical (unpaired) electrons. The minimum atomic E-state index is -0.879. The van der Waals surface area contributed by atoms with Crippen LogP contribution in [0.25, 0.3) is 11.3 Å². The average molecular weight is 440 g/mol. The third-order valence-electron chi connectivity index (χ3n) is 6.81. The predicted molar refractivity (Wildman–Crippen MR) is 122 cm³/mol. The number of nitrogens with zero attached hydrogens (tertiary/aromatic N) is 4. The molecule has 1 aliphatic carbocycles. The predicted octanol–water partition coefficient (Wildman–Crippen LogP) is 2.14. The number of carbonyl (C=O) groups is 1. The van der Waals surface area contributed by atoms with Crippen LogP contribution in [0.15, 0.2) is 41.5 Å². The normalized spacial score (nSPS) is 26.5. The smallest absolute Gasteiger partial charge is 0.267 e. The summed E-state index contributed by atoms with van der Waals surface area (Å²) in [5, 5.41) is 19.3. The molecule has 2 aromatic rings. The summed E-state index contributed by atoms with van der Waals surface area (Å²) < 4.78 is 1.63. The molecule has 2 fully saturated rings. The first-order chi connectivity index (χ1) is 15.4. The summed E-state index contributed by atoms with van der Waals surface area (Å²) in [6.07, 6.45) is 9.59. The van der Waals surface area contributed by atoms with E-state index in [9.17, 15) is 14.7 Å². The van der Waals surface area contributed by atoms with Gasteiger partial charge in [0.1, 0.15) is 0 Å². The first-order valence-electron chi connectivity index (χ1n) is 11.7. The molecule has 3 heterocycles. The molecular weight excluding hydrogens is 406 g/mol. The summed E-state index contributed by atoms with van der Waals surface area (Å²) >= 11 is 0. The van der Waals surface area contributed by atoms with Gasteiger partial charge in [0.25, 0.3) is 5.56 Å². The summed E-state index contributed by atoms with van der Waals surface area (Å²) in [5.74, 6) is 0.0257. The molecule has 1 unspecified atom stereocenters. The highest BCUT2D eigenvalue weighted by atomic mass is 16.3. The summed E-state index contributed by atoms with van der Waals surface area (Å²) in [7, 11) is 0. The van der Waals surface area contributed by atoms with Gasteiger partial charge in [0.2, 0.25) is 5.91 Å². The molecule has 8 heteroatoms. The van der Waals surface area contributed by atoms with Crippen LogP contribution >= 0.6 is 0 Å². The van der Waals surface area contributed by atoms with E-state index >= 15 is 0 Å². The topological polar surface area (TPSA) is 100 Å². The summed E-state index contributed by atoms with van der Waals surface area (Å²) in [6.45, 7) is 3.18. The van der Waals surface area contributed by atoms with Gasteiger partial charge in [-0.05, 0) is 63.1 Å². The molecule has 2 aliphatic rings. The number of aliphatic hydroxyl groups is 1. The lowest BCUT2D eigenvalue weighted by atomic mass is 9.90. The van der Waals surface area contributed by atoms with Crippen LogP contribution in [0.2, 0.25) is 0 Å². The van der Waals surface area contributed by atoms with Crippen molar-refractivity contribution < 1.29 is 9.90 Å². The highest BCUT2D eigenvalue weighted by Crippen LogP contribution is 2.28. The van der Waals surface area contributed by atoms with Gasteiger partial charge in [-0.2, -0.15) is 5.10 Å². The number of likely N-dealkylation sites (tertiary alicyclic amines) is 1. The molecular formula is C24H33N5O3. The molecule has 1 saturated carbocycles. The van der Waals surface area contributed by atoms with Gasteiger partial charge in [0.15, 0.2) is 0 Å². The Balaban J connectivity index is 1.34. The minimum absolute atomic E-state index is 0.0257. The van der Waals surface area contributed by atoms with Crippen LogP contribution in [0.5, 0.6) is 0 Å². The van der Waals surface area contributed by atoms with Gasteiger partial charge in [0.05, 0.1) is 23.9 Å². The van der Waals surface area contributed by atoms with Crippen molar-refractivity contribution in [3.63, 3.8) is 0 Å². The van der Waals surface area contributed by atoms with Crippen LogP contribution in [-0.4, -0.2) is 62.0 Å². The Labute approximate surface area is 188 Å². The first-order valence-corrected chi connectivity index (χ1v) is 11.7. The lowest BCUT2D eigenvalue weighted by Gasteiger charge is -2.35. The van der Waals surface area contributed by atoms with Gasteiger partial charge in [-0.25, -0.2) is 4.68 Å². The van der Waals surface area contributed by atoms with Crippen molar-refractivity contribution >= 4 is 5.91 Å². The Morgan fingerprint density at radius 3 is 2.62 bits per heavy atom. The van der Waals surface area contributed by atoms with Crippen molar-refractivity contribution in [2.24, 2.45) is 0 Å².